The number of unbranched alkanes of at least 4 members (excludes halogenated alkanes) is 2. The molecule has 1 rings (SSSR count). The third-order valence-corrected chi connectivity index (χ3v) is 3.38. The van der Waals surface area contributed by atoms with Crippen LogP contribution in [0.1, 0.15) is 36.0 Å². The number of ether oxygens (including phenoxy) is 1. The maximum atomic E-state index is 10.2. The first-order valence-corrected chi connectivity index (χ1v) is 6.93. The highest BCUT2D eigenvalue weighted by atomic mass is 16.9. The van der Waals surface area contributed by atoms with Crippen molar-refractivity contribution >= 4 is 6.08 Å². The zero-order valence-electron chi connectivity index (χ0n) is 13.0. The fourth-order valence-corrected chi connectivity index (χ4v) is 2.12. The molecule has 0 bridgehead atoms. The van der Waals surface area contributed by atoms with Gasteiger partial charge in [-0.3, -0.25) is 0 Å². The standard InChI is InChI=1S/C15H21NO6/c1-10-12(8-6-4-5-7-9-22-16(19)20)13(17)11(2)15(21-3)14(10)18/h6,8,17-18H,4-5,7,9H2,1-3H3/b8-6+. The van der Waals surface area contributed by atoms with E-state index in [1.165, 1.54) is 7.11 Å². The highest BCUT2D eigenvalue weighted by molar-refractivity contribution is 5.70. The van der Waals surface area contributed by atoms with Gasteiger partial charge in [0.05, 0.1) is 13.7 Å². The summed E-state index contributed by atoms with van der Waals surface area (Å²) >= 11 is 0. The van der Waals surface area contributed by atoms with Crippen molar-refractivity contribution in [3.8, 4) is 17.2 Å². The lowest BCUT2D eigenvalue weighted by atomic mass is 10.0. The van der Waals surface area contributed by atoms with Crippen LogP contribution in [-0.4, -0.2) is 29.0 Å². The van der Waals surface area contributed by atoms with Gasteiger partial charge in [-0.25, -0.2) is 0 Å². The summed E-state index contributed by atoms with van der Waals surface area (Å²) < 4.78 is 5.08. The Bertz CT molecular complexity index is 539. The number of rotatable bonds is 8. The minimum atomic E-state index is -0.805. The molecule has 2 N–H and O–H groups in total. The van der Waals surface area contributed by atoms with Crippen molar-refractivity contribution in [2.45, 2.75) is 33.1 Å². The second-order valence-corrected chi connectivity index (χ2v) is 4.85. The Morgan fingerprint density at radius 2 is 1.86 bits per heavy atom. The third-order valence-electron chi connectivity index (χ3n) is 3.38. The average Bonchev–Trinajstić information content (AvgIpc) is 2.47. The molecule has 1 aromatic rings. The van der Waals surface area contributed by atoms with Gasteiger partial charge in [0, 0.05) is 16.7 Å². The molecule has 0 aromatic heterocycles. The fourth-order valence-electron chi connectivity index (χ4n) is 2.12. The summed E-state index contributed by atoms with van der Waals surface area (Å²) in [4.78, 5) is 14.2. The van der Waals surface area contributed by atoms with Crippen molar-refractivity contribution in [1.29, 1.82) is 0 Å². The Kier molecular flexibility index (Phi) is 6.49. The van der Waals surface area contributed by atoms with E-state index >= 15 is 0 Å². The maximum absolute atomic E-state index is 10.2. The van der Waals surface area contributed by atoms with Gasteiger partial charge in [0.1, 0.15) is 5.75 Å². The number of allylic oxidation sites excluding steroid dienone is 1. The van der Waals surface area contributed by atoms with E-state index in [0.29, 0.717) is 29.5 Å². The van der Waals surface area contributed by atoms with Gasteiger partial charge in [-0.15, -0.1) is 10.1 Å². The van der Waals surface area contributed by atoms with Crippen molar-refractivity contribution in [3.05, 3.63) is 32.9 Å². The van der Waals surface area contributed by atoms with Gasteiger partial charge in [0.15, 0.2) is 11.5 Å². The Morgan fingerprint density at radius 1 is 1.18 bits per heavy atom. The van der Waals surface area contributed by atoms with Crippen molar-refractivity contribution in [1.82, 2.24) is 0 Å². The Morgan fingerprint density at radius 3 is 2.45 bits per heavy atom. The molecule has 22 heavy (non-hydrogen) atoms. The van der Waals surface area contributed by atoms with E-state index in [2.05, 4.69) is 4.84 Å². The molecular formula is C15H21NO6. The van der Waals surface area contributed by atoms with Crippen LogP contribution in [0.4, 0.5) is 0 Å². The van der Waals surface area contributed by atoms with Crippen molar-refractivity contribution in [3.63, 3.8) is 0 Å². The molecule has 0 aliphatic heterocycles. The molecule has 0 heterocycles. The number of benzene rings is 1. The van der Waals surface area contributed by atoms with E-state index in [4.69, 9.17) is 4.74 Å². The quantitative estimate of drug-likeness (QED) is 0.331. The molecule has 0 fully saturated rings. The summed E-state index contributed by atoms with van der Waals surface area (Å²) in [7, 11) is 1.43. The van der Waals surface area contributed by atoms with Gasteiger partial charge in [-0.1, -0.05) is 12.2 Å². The second kappa shape index (κ2) is 8.11. The van der Waals surface area contributed by atoms with Crippen LogP contribution in [0.3, 0.4) is 0 Å². The van der Waals surface area contributed by atoms with Gasteiger partial charge in [0.2, 0.25) is 0 Å². The lowest BCUT2D eigenvalue weighted by molar-refractivity contribution is -0.757. The molecule has 1 aromatic carbocycles. The van der Waals surface area contributed by atoms with Gasteiger partial charge in [0.25, 0.3) is 5.09 Å². The zero-order valence-corrected chi connectivity index (χ0v) is 13.0. The second-order valence-electron chi connectivity index (χ2n) is 4.85. The van der Waals surface area contributed by atoms with Gasteiger partial charge in [-0.05, 0) is 33.1 Å². The van der Waals surface area contributed by atoms with Crippen LogP contribution in [0.5, 0.6) is 17.2 Å². The van der Waals surface area contributed by atoms with Gasteiger partial charge < -0.3 is 19.8 Å². The summed E-state index contributed by atoms with van der Waals surface area (Å²) in [6.07, 6.45) is 5.56. The molecular weight excluding hydrogens is 290 g/mol. The summed E-state index contributed by atoms with van der Waals surface area (Å²) in [5.41, 5.74) is 1.55. The van der Waals surface area contributed by atoms with E-state index in [1.54, 1.807) is 19.9 Å². The fraction of sp³-hybridized carbons (Fsp3) is 0.467. The molecule has 0 radical (unpaired) electrons. The molecule has 0 amide bonds. The molecule has 0 saturated heterocycles. The van der Waals surface area contributed by atoms with Crippen molar-refractivity contribution in [2.24, 2.45) is 0 Å². The number of methoxy groups -OCH3 is 1. The molecule has 0 aliphatic rings. The van der Waals surface area contributed by atoms with Crippen molar-refractivity contribution in [2.75, 3.05) is 13.7 Å². The molecule has 0 saturated carbocycles. The first-order valence-electron chi connectivity index (χ1n) is 6.93. The van der Waals surface area contributed by atoms with Gasteiger partial charge in [-0.2, -0.15) is 0 Å². The smallest absolute Gasteiger partial charge is 0.294 e. The largest absolute Gasteiger partial charge is 0.507 e. The Hall–Kier alpha value is -2.44. The highest BCUT2D eigenvalue weighted by Gasteiger charge is 2.17. The number of hydrogen-bond acceptors (Lipinski definition) is 6. The van der Waals surface area contributed by atoms with Crippen molar-refractivity contribution < 1.29 is 24.9 Å². The summed E-state index contributed by atoms with van der Waals surface area (Å²) in [6, 6.07) is 0. The number of phenols is 2. The van der Waals surface area contributed by atoms with Crippen LogP contribution in [0.25, 0.3) is 6.08 Å². The first-order chi connectivity index (χ1) is 10.4. The minimum absolute atomic E-state index is 0.0110. The highest BCUT2D eigenvalue weighted by Crippen LogP contribution is 2.42. The van der Waals surface area contributed by atoms with Crippen LogP contribution < -0.4 is 4.74 Å². The average molecular weight is 311 g/mol. The summed E-state index contributed by atoms with van der Waals surface area (Å²) in [6.45, 7) is 3.44. The molecule has 7 nitrogen and oxygen atoms in total. The maximum Gasteiger partial charge on any atom is 0.294 e. The number of aromatic hydroxyl groups is 2. The van der Waals surface area contributed by atoms with E-state index < -0.39 is 5.09 Å². The molecule has 0 atom stereocenters. The van der Waals surface area contributed by atoms with E-state index in [9.17, 15) is 20.3 Å². The lowest BCUT2D eigenvalue weighted by Crippen LogP contribution is -2.01. The minimum Gasteiger partial charge on any atom is -0.507 e. The Balaban J connectivity index is 2.70. The van der Waals surface area contributed by atoms with Crippen LogP contribution >= 0.6 is 0 Å². The predicted molar refractivity (Wildman–Crippen MR) is 81.6 cm³/mol. The van der Waals surface area contributed by atoms with E-state index in [0.717, 1.165) is 6.42 Å². The molecule has 7 heteroatoms. The van der Waals surface area contributed by atoms with E-state index in [-0.39, 0.29) is 23.9 Å². The van der Waals surface area contributed by atoms with Crippen LogP contribution in [0, 0.1) is 24.0 Å². The third kappa shape index (κ3) is 4.28. The predicted octanol–water partition coefficient (Wildman–Crippen LogP) is 3.12. The monoisotopic (exact) mass is 311 g/mol. The molecule has 122 valence electrons. The molecule has 0 spiro atoms. The normalized spacial score (nSPS) is 10.9. The molecule has 0 unspecified atom stereocenters. The van der Waals surface area contributed by atoms with E-state index in [1.807, 2.05) is 6.08 Å². The topological polar surface area (TPSA) is 102 Å². The summed E-state index contributed by atoms with van der Waals surface area (Å²) in [5.74, 6) is 0.348. The SMILES string of the molecule is COc1c(C)c(O)c(/C=C/CCCCO[N+](=O)[O-])c(C)c1O. The Labute approximate surface area is 128 Å². The first kappa shape index (κ1) is 17.6. The van der Waals surface area contributed by atoms with Gasteiger partial charge >= 0.3 is 0 Å². The number of nitrogens with zero attached hydrogens (tertiary/aromatic N) is 1. The zero-order chi connectivity index (χ0) is 16.7. The van der Waals surface area contributed by atoms with Crippen LogP contribution in [0.15, 0.2) is 6.08 Å². The van der Waals surface area contributed by atoms with Crippen LogP contribution in [0.2, 0.25) is 0 Å². The molecule has 0 aliphatic carbocycles. The van der Waals surface area contributed by atoms with Crippen LogP contribution in [-0.2, 0) is 4.84 Å². The summed E-state index contributed by atoms with van der Waals surface area (Å²) in [5, 5.41) is 29.4. The lowest BCUT2D eigenvalue weighted by Gasteiger charge is -2.14. The number of hydrogen-bond donors (Lipinski definition) is 2. The number of phenolic OH excluding ortho intramolecular Hbond substituents is 2.